The van der Waals surface area contributed by atoms with Crippen LogP contribution in [0.15, 0.2) is 71.9 Å². The van der Waals surface area contributed by atoms with E-state index in [1.165, 1.54) is 13.3 Å². The number of halogens is 1. The third-order valence-corrected chi connectivity index (χ3v) is 6.66. The molecular weight excluding hydrogens is 492 g/mol. The Labute approximate surface area is 215 Å². The summed E-state index contributed by atoms with van der Waals surface area (Å²) in [4.78, 5) is 32.6. The third-order valence-electron chi connectivity index (χ3n) is 6.43. The minimum atomic E-state index is -0.192. The summed E-state index contributed by atoms with van der Waals surface area (Å²) < 4.78 is 3.35. The minimum Gasteiger partial charge on any atom is -0.340 e. The average molecular weight is 513 g/mol. The van der Waals surface area contributed by atoms with Crippen molar-refractivity contribution in [1.82, 2.24) is 34.7 Å². The number of rotatable bonds is 5. The molecule has 0 fully saturated rings. The van der Waals surface area contributed by atoms with E-state index >= 15 is 0 Å². The first kappa shape index (κ1) is 22.9. The van der Waals surface area contributed by atoms with Crippen molar-refractivity contribution in [3.8, 4) is 28.1 Å². The first-order valence-electron chi connectivity index (χ1n) is 11.7. The van der Waals surface area contributed by atoms with Gasteiger partial charge in [-0.15, -0.1) is 5.10 Å². The Balaban J connectivity index is 1.32. The number of hydrogen-bond donors (Lipinski definition) is 2. The maximum Gasteiger partial charge on any atom is 0.252 e. The zero-order chi connectivity index (χ0) is 25.5. The fourth-order valence-electron chi connectivity index (χ4n) is 4.81. The van der Waals surface area contributed by atoms with Crippen molar-refractivity contribution in [1.29, 1.82) is 0 Å². The van der Waals surface area contributed by atoms with Gasteiger partial charge in [0.15, 0.2) is 0 Å². The fourth-order valence-corrected chi connectivity index (χ4v) is 4.98. The largest absolute Gasteiger partial charge is 0.340 e. The maximum absolute atomic E-state index is 13.4. The van der Waals surface area contributed by atoms with Gasteiger partial charge in [-0.2, -0.15) is 4.68 Å². The molecule has 1 amide bonds. The van der Waals surface area contributed by atoms with Crippen LogP contribution in [0.3, 0.4) is 0 Å². The van der Waals surface area contributed by atoms with Crippen molar-refractivity contribution in [3.63, 3.8) is 0 Å². The molecule has 1 aliphatic heterocycles. The van der Waals surface area contributed by atoms with Gasteiger partial charge in [-0.25, -0.2) is 4.98 Å². The number of tetrazole rings is 1. The minimum absolute atomic E-state index is 0.116. The van der Waals surface area contributed by atoms with Crippen molar-refractivity contribution >= 4 is 23.2 Å². The molecule has 2 aromatic carbocycles. The predicted molar refractivity (Wildman–Crippen MR) is 139 cm³/mol. The number of nitrogens with one attached hydrogen (secondary N) is 2. The number of imidazole rings is 1. The SMILES string of the molecule is CC(=O)Nc1ccc(-c2cnc(C3CCc4cc(-c5cc(Cl)ccc5-n5cnnn5)cc(=O)n43)[nH]2)cc1. The molecule has 0 radical (unpaired) electrons. The van der Waals surface area contributed by atoms with E-state index in [2.05, 4.69) is 30.8 Å². The summed E-state index contributed by atoms with van der Waals surface area (Å²) in [7, 11) is 0. The molecule has 10 nitrogen and oxygen atoms in total. The Hall–Kier alpha value is -4.57. The standard InChI is InChI=1S/C26H21ClN8O2/c1-15(36)30-19-5-2-16(3-6-19)22-13-28-26(31-22)24-9-7-20-10-17(11-25(37)35(20)24)21-12-18(27)4-8-23(21)34-14-29-32-33-34/h2-6,8,10-14,24H,7,9H2,1H3,(H,28,31)(H,30,36). The summed E-state index contributed by atoms with van der Waals surface area (Å²) in [5.74, 6) is 0.610. The number of benzene rings is 2. The number of nitrogens with zero attached hydrogens (tertiary/aromatic N) is 6. The van der Waals surface area contributed by atoms with Crippen LogP contribution in [0.1, 0.15) is 30.9 Å². The van der Waals surface area contributed by atoms with Crippen molar-refractivity contribution in [2.75, 3.05) is 5.32 Å². The lowest BCUT2D eigenvalue weighted by Gasteiger charge is -2.15. The Kier molecular flexibility index (Phi) is 5.65. The molecule has 1 atom stereocenters. The van der Waals surface area contributed by atoms with E-state index in [-0.39, 0.29) is 17.5 Å². The zero-order valence-electron chi connectivity index (χ0n) is 19.7. The van der Waals surface area contributed by atoms with E-state index in [1.807, 2.05) is 42.5 Å². The van der Waals surface area contributed by atoms with Crippen LogP contribution in [-0.4, -0.2) is 40.6 Å². The number of carbonyl (C=O) groups excluding carboxylic acids is 1. The first-order chi connectivity index (χ1) is 18.0. The molecule has 1 aliphatic rings. The zero-order valence-corrected chi connectivity index (χ0v) is 20.5. The average Bonchev–Trinajstić information content (AvgIpc) is 3.65. The van der Waals surface area contributed by atoms with Crippen LogP contribution in [0.5, 0.6) is 0 Å². The highest BCUT2D eigenvalue weighted by Crippen LogP contribution is 2.34. The van der Waals surface area contributed by atoms with Gasteiger partial charge in [0.25, 0.3) is 5.56 Å². The second kappa shape index (κ2) is 9.14. The number of aromatic amines is 1. The summed E-state index contributed by atoms with van der Waals surface area (Å²) in [5.41, 5.74) is 5.57. The van der Waals surface area contributed by atoms with Gasteiger partial charge >= 0.3 is 0 Å². The summed E-state index contributed by atoms with van der Waals surface area (Å²) in [6, 6.07) is 16.4. The van der Waals surface area contributed by atoms with Gasteiger partial charge in [-0.3, -0.25) is 9.59 Å². The van der Waals surface area contributed by atoms with Crippen molar-refractivity contribution in [3.05, 3.63) is 94.0 Å². The second-order valence-corrected chi connectivity index (χ2v) is 9.29. The molecule has 0 aliphatic carbocycles. The fraction of sp³-hybridized carbons (Fsp3) is 0.154. The number of aryl methyl sites for hydroxylation is 1. The molecule has 2 N–H and O–H groups in total. The molecule has 11 heteroatoms. The van der Waals surface area contributed by atoms with E-state index in [4.69, 9.17) is 11.6 Å². The van der Waals surface area contributed by atoms with Gasteiger partial charge < -0.3 is 14.9 Å². The van der Waals surface area contributed by atoms with Crippen molar-refractivity contribution < 1.29 is 4.79 Å². The number of fused-ring (bicyclic) bond motifs is 1. The highest BCUT2D eigenvalue weighted by molar-refractivity contribution is 6.31. The molecule has 6 rings (SSSR count). The number of aromatic nitrogens is 7. The smallest absolute Gasteiger partial charge is 0.252 e. The molecule has 5 aromatic rings. The van der Waals surface area contributed by atoms with Gasteiger partial charge in [0.1, 0.15) is 12.2 Å². The Morgan fingerprint density at radius 2 is 1.95 bits per heavy atom. The van der Waals surface area contributed by atoms with Crippen molar-refractivity contribution in [2.24, 2.45) is 0 Å². The number of amides is 1. The lowest BCUT2D eigenvalue weighted by atomic mass is 10.0. The van der Waals surface area contributed by atoms with Gasteiger partial charge in [-0.05, 0) is 70.8 Å². The van der Waals surface area contributed by atoms with Crippen LogP contribution < -0.4 is 10.9 Å². The quantitative estimate of drug-likeness (QED) is 0.366. The topological polar surface area (TPSA) is 123 Å². The summed E-state index contributed by atoms with van der Waals surface area (Å²) in [5, 5.41) is 14.7. The summed E-state index contributed by atoms with van der Waals surface area (Å²) in [6.45, 7) is 1.47. The van der Waals surface area contributed by atoms with E-state index in [9.17, 15) is 9.59 Å². The first-order valence-corrected chi connectivity index (χ1v) is 12.1. The van der Waals surface area contributed by atoms with Crippen LogP contribution in [0.4, 0.5) is 5.69 Å². The number of H-pyrrole nitrogens is 1. The third kappa shape index (κ3) is 4.31. The molecule has 0 saturated carbocycles. The van der Waals surface area contributed by atoms with Crippen LogP contribution in [0.2, 0.25) is 5.02 Å². The highest BCUT2D eigenvalue weighted by atomic mass is 35.5. The van der Waals surface area contributed by atoms with E-state index < -0.39 is 0 Å². The van der Waals surface area contributed by atoms with Crippen molar-refractivity contribution in [2.45, 2.75) is 25.8 Å². The number of anilines is 1. The maximum atomic E-state index is 13.4. The van der Waals surface area contributed by atoms with E-state index in [0.29, 0.717) is 5.02 Å². The van der Waals surface area contributed by atoms with Gasteiger partial charge in [-0.1, -0.05) is 23.7 Å². The molecule has 0 spiro atoms. The Morgan fingerprint density at radius 1 is 1.11 bits per heavy atom. The molecule has 37 heavy (non-hydrogen) atoms. The summed E-state index contributed by atoms with van der Waals surface area (Å²) in [6.07, 6.45) is 4.76. The normalized spacial score (nSPS) is 14.5. The molecule has 3 aromatic heterocycles. The van der Waals surface area contributed by atoms with E-state index in [0.717, 1.165) is 58.1 Å². The predicted octanol–water partition coefficient (Wildman–Crippen LogP) is 4.03. The second-order valence-electron chi connectivity index (χ2n) is 8.85. The van der Waals surface area contributed by atoms with E-state index in [1.54, 1.807) is 27.6 Å². The Bertz CT molecular complexity index is 1670. The van der Waals surface area contributed by atoms with Gasteiger partial charge in [0.2, 0.25) is 5.91 Å². The molecule has 0 bridgehead atoms. The van der Waals surface area contributed by atoms with Crippen LogP contribution >= 0.6 is 11.6 Å². The molecule has 4 heterocycles. The molecular formula is C26H21ClN8O2. The number of pyridine rings is 1. The molecule has 184 valence electrons. The van der Waals surface area contributed by atoms with Crippen LogP contribution in [0, 0.1) is 0 Å². The number of carbonyl (C=O) groups is 1. The van der Waals surface area contributed by atoms with Crippen LogP contribution in [0.25, 0.3) is 28.1 Å². The highest BCUT2D eigenvalue weighted by Gasteiger charge is 2.28. The number of hydrogen-bond acceptors (Lipinski definition) is 6. The van der Waals surface area contributed by atoms with Gasteiger partial charge in [0, 0.05) is 35.0 Å². The lowest BCUT2D eigenvalue weighted by molar-refractivity contribution is -0.114. The van der Waals surface area contributed by atoms with Crippen LogP contribution in [-0.2, 0) is 11.2 Å². The molecule has 1 unspecified atom stereocenters. The molecule has 0 saturated heterocycles. The summed E-state index contributed by atoms with van der Waals surface area (Å²) >= 11 is 6.30. The monoisotopic (exact) mass is 512 g/mol. The van der Waals surface area contributed by atoms with Gasteiger partial charge in [0.05, 0.1) is 23.6 Å². The Morgan fingerprint density at radius 3 is 2.70 bits per heavy atom. The lowest BCUT2D eigenvalue weighted by Crippen LogP contribution is -2.23.